The molecule has 2 amide bonds. The molecule has 1 aromatic rings. The number of amides is 2. The van der Waals surface area contributed by atoms with Gasteiger partial charge in [0.05, 0.1) is 0 Å². The number of hydrogen-bond donors (Lipinski definition) is 2. The van der Waals surface area contributed by atoms with Crippen LogP contribution in [0.3, 0.4) is 0 Å². The molecular formula is C15H22N2O2S. The van der Waals surface area contributed by atoms with Crippen molar-refractivity contribution in [2.75, 3.05) is 6.54 Å². The van der Waals surface area contributed by atoms with E-state index in [2.05, 4.69) is 17.6 Å². The first-order valence-corrected chi connectivity index (χ1v) is 8.21. The summed E-state index contributed by atoms with van der Waals surface area (Å²) in [5, 5.41) is 9.53. The van der Waals surface area contributed by atoms with Crippen molar-refractivity contribution in [1.29, 1.82) is 0 Å². The zero-order valence-corrected chi connectivity index (χ0v) is 12.7. The van der Waals surface area contributed by atoms with Gasteiger partial charge in [0, 0.05) is 30.0 Å². The number of nitrogens with one attached hydrogen (secondary N) is 2. The van der Waals surface area contributed by atoms with Gasteiger partial charge in [-0.05, 0) is 30.2 Å². The van der Waals surface area contributed by atoms with E-state index < -0.39 is 0 Å². The van der Waals surface area contributed by atoms with Gasteiger partial charge in [0.15, 0.2) is 0 Å². The summed E-state index contributed by atoms with van der Waals surface area (Å²) in [5.74, 6) is 0.493. The molecule has 2 atom stereocenters. The van der Waals surface area contributed by atoms with Gasteiger partial charge in [-0.25, -0.2) is 0 Å². The Morgan fingerprint density at radius 3 is 2.85 bits per heavy atom. The van der Waals surface area contributed by atoms with Crippen molar-refractivity contribution in [3.05, 3.63) is 22.4 Å². The van der Waals surface area contributed by atoms with Crippen molar-refractivity contribution in [1.82, 2.24) is 10.6 Å². The molecule has 5 heteroatoms. The van der Waals surface area contributed by atoms with Gasteiger partial charge in [-0.15, -0.1) is 0 Å². The highest BCUT2D eigenvalue weighted by Crippen LogP contribution is 2.23. The molecular weight excluding hydrogens is 272 g/mol. The van der Waals surface area contributed by atoms with Crippen molar-refractivity contribution in [3.8, 4) is 0 Å². The Morgan fingerprint density at radius 1 is 1.35 bits per heavy atom. The van der Waals surface area contributed by atoms with Crippen LogP contribution in [-0.4, -0.2) is 24.4 Å². The van der Waals surface area contributed by atoms with Crippen LogP contribution in [0, 0.1) is 5.92 Å². The molecule has 20 heavy (non-hydrogen) atoms. The maximum atomic E-state index is 11.9. The summed E-state index contributed by atoms with van der Waals surface area (Å²) >= 11 is 1.49. The third-order valence-electron chi connectivity index (χ3n) is 3.88. The van der Waals surface area contributed by atoms with Gasteiger partial charge in [-0.2, -0.15) is 11.3 Å². The Morgan fingerprint density at radius 2 is 2.15 bits per heavy atom. The average Bonchev–Trinajstić information content (AvgIpc) is 2.95. The van der Waals surface area contributed by atoms with Crippen LogP contribution in [0.2, 0.25) is 0 Å². The lowest BCUT2D eigenvalue weighted by atomic mass is 9.86. The number of hydrogen-bond acceptors (Lipinski definition) is 3. The van der Waals surface area contributed by atoms with Gasteiger partial charge in [0.1, 0.15) is 0 Å². The molecule has 1 aromatic heterocycles. The molecule has 1 saturated carbocycles. The monoisotopic (exact) mass is 294 g/mol. The van der Waals surface area contributed by atoms with Crippen LogP contribution in [-0.2, 0) is 4.79 Å². The Kier molecular flexibility index (Phi) is 5.59. The van der Waals surface area contributed by atoms with Gasteiger partial charge < -0.3 is 10.6 Å². The van der Waals surface area contributed by atoms with Crippen LogP contribution in [0.5, 0.6) is 0 Å². The fourth-order valence-electron chi connectivity index (χ4n) is 2.59. The van der Waals surface area contributed by atoms with Crippen molar-refractivity contribution < 1.29 is 9.59 Å². The zero-order valence-electron chi connectivity index (χ0n) is 11.9. The van der Waals surface area contributed by atoms with Crippen molar-refractivity contribution in [2.24, 2.45) is 5.92 Å². The van der Waals surface area contributed by atoms with E-state index >= 15 is 0 Å². The highest BCUT2D eigenvalue weighted by Gasteiger charge is 2.22. The van der Waals surface area contributed by atoms with Crippen LogP contribution >= 0.6 is 11.3 Å². The molecule has 0 bridgehead atoms. The molecule has 0 spiro atoms. The van der Waals surface area contributed by atoms with E-state index in [0.29, 0.717) is 30.5 Å². The third-order valence-corrected chi connectivity index (χ3v) is 4.56. The fourth-order valence-corrected chi connectivity index (χ4v) is 3.23. The minimum Gasteiger partial charge on any atom is -0.353 e. The van der Waals surface area contributed by atoms with E-state index in [1.165, 1.54) is 30.6 Å². The highest BCUT2D eigenvalue weighted by atomic mass is 32.1. The Labute approximate surface area is 124 Å². The first-order valence-electron chi connectivity index (χ1n) is 7.26. The van der Waals surface area contributed by atoms with E-state index in [1.54, 1.807) is 11.4 Å². The number of rotatable bonds is 5. The molecule has 0 aromatic carbocycles. The molecule has 0 aliphatic heterocycles. The largest absolute Gasteiger partial charge is 0.353 e. The second-order valence-electron chi connectivity index (χ2n) is 5.45. The highest BCUT2D eigenvalue weighted by molar-refractivity contribution is 7.08. The minimum atomic E-state index is -0.106. The summed E-state index contributed by atoms with van der Waals surface area (Å²) in [4.78, 5) is 23.6. The minimum absolute atomic E-state index is 0.0365. The molecule has 0 saturated heterocycles. The fraction of sp³-hybridized carbons (Fsp3) is 0.600. The second kappa shape index (κ2) is 7.43. The summed E-state index contributed by atoms with van der Waals surface area (Å²) in [7, 11) is 0. The van der Waals surface area contributed by atoms with Crippen LogP contribution < -0.4 is 10.6 Å². The van der Waals surface area contributed by atoms with Gasteiger partial charge >= 0.3 is 0 Å². The van der Waals surface area contributed by atoms with Gasteiger partial charge in [0.2, 0.25) is 5.91 Å². The van der Waals surface area contributed by atoms with Crippen LogP contribution in [0.25, 0.3) is 0 Å². The first-order chi connectivity index (χ1) is 9.66. The Hall–Kier alpha value is -1.36. The quantitative estimate of drug-likeness (QED) is 0.877. The summed E-state index contributed by atoms with van der Waals surface area (Å²) in [6.07, 6.45) is 5.08. The molecule has 1 heterocycles. The zero-order chi connectivity index (χ0) is 14.4. The maximum absolute atomic E-state index is 11.9. The molecule has 0 unspecified atom stereocenters. The number of carbonyl (C=O) groups excluding carboxylic acids is 2. The lowest BCUT2D eigenvalue weighted by Gasteiger charge is -2.29. The van der Waals surface area contributed by atoms with E-state index in [4.69, 9.17) is 0 Å². The normalized spacial score (nSPS) is 22.2. The van der Waals surface area contributed by atoms with Crippen LogP contribution in [0.1, 0.15) is 49.4 Å². The SMILES string of the molecule is C[C@H]1CCCC[C@@H]1NC(=O)CCNC(=O)c1ccsc1. The molecule has 1 fully saturated rings. The number of carbonyl (C=O) groups is 2. The van der Waals surface area contributed by atoms with Crippen LogP contribution in [0.4, 0.5) is 0 Å². The Balaban J connectivity index is 1.66. The van der Waals surface area contributed by atoms with E-state index in [-0.39, 0.29) is 11.8 Å². The van der Waals surface area contributed by atoms with Gasteiger partial charge in [-0.3, -0.25) is 9.59 Å². The maximum Gasteiger partial charge on any atom is 0.252 e. The topological polar surface area (TPSA) is 58.2 Å². The molecule has 2 N–H and O–H groups in total. The van der Waals surface area contributed by atoms with Crippen molar-refractivity contribution in [2.45, 2.75) is 45.1 Å². The standard InChI is InChI=1S/C15H22N2O2S/c1-11-4-2-3-5-13(11)17-14(18)6-8-16-15(19)12-7-9-20-10-12/h7,9-11,13H,2-6,8H2,1H3,(H,16,19)(H,17,18)/t11-,13-/m0/s1. The van der Waals surface area contributed by atoms with Gasteiger partial charge in [0.25, 0.3) is 5.91 Å². The molecule has 4 nitrogen and oxygen atoms in total. The molecule has 1 aliphatic rings. The lowest BCUT2D eigenvalue weighted by Crippen LogP contribution is -2.42. The molecule has 2 rings (SSSR count). The summed E-state index contributed by atoms with van der Waals surface area (Å²) in [6.45, 7) is 2.59. The summed E-state index contributed by atoms with van der Waals surface area (Å²) < 4.78 is 0. The smallest absolute Gasteiger partial charge is 0.252 e. The van der Waals surface area contributed by atoms with Gasteiger partial charge in [-0.1, -0.05) is 19.8 Å². The molecule has 110 valence electrons. The summed E-state index contributed by atoms with van der Waals surface area (Å²) in [6, 6.07) is 2.09. The van der Waals surface area contributed by atoms with E-state index in [9.17, 15) is 9.59 Å². The molecule has 1 aliphatic carbocycles. The van der Waals surface area contributed by atoms with E-state index in [1.807, 2.05) is 5.38 Å². The predicted octanol–water partition coefficient (Wildman–Crippen LogP) is 2.56. The van der Waals surface area contributed by atoms with Crippen molar-refractivity contribution in [3.63, 3.8) is 0 Å². The number of thiophene rings is 1. The van der Waals surface area contributed by atoms with Crippen LogP contribution in [0.15, 0.2) is 16.8 Å². The predicted molar refractivity (Wildman–Crippen MR) is 80.8 cm³/mol. The van der Waals surface area contributed by atoms with Crippen molar-refractivity contribution >= 4 is 23.2 Å². The Bertz CT molecular complexity index is 445. The molecule has 0 radical (unpaired) electrons. The first kappa shape index (κ1) is 15.0. The summed E-state index contributed by atoms with van der Waals surface area (Å²) in [5.41, 5.74) is 0.663. The van der Waals surface area contributed by atoms with E-state index in [0.717, 1.165) is 6.42 Å². The third kappa shape index (κ3) is 4.34. The lowest BCUT2D eigenvalue weighted by molar-refractivity contribution is -0.122. The average molecular weight is 294 g/mol. The second-order valence-corrected chi connectivity index (χ2v) is 6.23.